The average Bonchev–Trinajstić information content (AvgIpc) is 2.78. The van der Waals surface area contributed by atoms with Crippen molar-refractivity contribution in [2.75, 3.05) is 4.72 Å². The second-order valence-corrected chi connectivity index (χ2v) is 5.96. The fraction of sp³-hybridized carbons (Fsp3) is 0.333. The van der Waals surface area contributed by atoms with Gasteiger partial charge in [-0.05, 0) is 18.1 Å². The predicted octanol–water partition coefficient (Wildman–Crippen LogP) is 0.637. The first kappa shape index (κ1) is 14.5. The van der Waals surface area contributed by atoms with Crippen LogP contribution in [0.4, 0.5) is 5.69 Å². The molecule has 3 N–H and O–H groups in total. The Hall–Kier alpha value is -1.93. The maximum atomic E-state index is 12.2. The minimum atomic E-state index is -3.71. The molecule has 0 saturated carbocycles. The monoisotopic (exact) mass is 295 g/mol. The standard InChI is InChI=1S/C12H17N5O2S/c1-3-10-11(8-17(2)15-10)16-20(18,19)12-5-4-9(6-13)7-14-12/h4-5,7-8,16H,3,6,13H2,1-2H3. The van der Waals surface area contributed by atoms with E-state index in [4.69, 9.17) is 5.73 Å². The average molecular weight is 295 g/mol. The summed E-state index contributed by atoms with van der Waals surface area (Å²) in [5, 5.41) is 4.15. The normalized spacial score (nSPS) is 11.6. The van der Waals surface area contributed by atoms with Crippen molar-refractivity contribution in [1.29, 1.82) is 0 Å². The van der Waals surface area contributed by atoms with Crippen LogP contribution in [-0.4, -0.2) is 23.2 Å². The van der Waals surface area contributed by atoms with Gasteiger partial charge in [0.15, 0.2) is 5.03 Å². The van der Waals surface area contributed by atoms with Gasteiger partial charge in [-0.25, -0.2) is 4.98 Å². The number of aryl methyl sites for hydroxylation is 2. The zero-order valence-electron chi connectivity index (χ0n) is 11.4. The van der Waals surface area contributed by atoms with E-state index in [0.29, 0.717) is 24.3 Å². The molecule has 2 aromatic heterocycles. The third kappa shape index (κ3) is 2.97. The van der Waals surface area contributed by atoms with Crippen molar-refractivity contribution in [2.24, 2.45) is 12.8 Å². The van der Waals surface area contributed by atoms with Gasteiger partial charge in [-0.1, -0.05) is 13.0 Å². The molecular weight excluding hydrogens is 278 g/mol. The van der Waals surface area contributed by atoms with Gasteiger partial charge in [0, 0.05) is 26.0 Å². The van der Waals surface area contributed by atoms with Gasteiger partial charge >= 0.3 is 0 Å². The maximum absolute atomic E-state index is 12.2. The maximum Gasteiger partial charge on any atom is 0.279 e. The SMILES string of the molecule is CCc1nn(C)cc1NS(=O)(=O)c1ccc(CN)cn1. The topological polar surface area (TPSA) is 103 Å². The van der Waals surface area contributed by atoms with Gasteiger partial charge in [0.25, 0.3) is 10.0 Å². The molecule has 108 valence electrons. The number of nitrogens with one attached hydrogen (secondary N) is 1. The van der Waals surface area contributed by atoms with E-state index < -0.39 is 10.0 Å². The van der Waals surface area contributed by atoms with Crippen LogP contribution in [0.5, 0.6) is 0 Å². The number of nitrogens with two attached hydrogens (primary N) is 1. The number of pyridine rings is 1. The predicted molar refractivity (Wildman–Crippen MR) is 75.5 cm³/mol. The number of hydrogen-bond acceptors (Lipinski definition) is 5. The summed E-state index contributed by atoms with van der Waals surface area (Å²) < 4.78 is 28.6. The Morgan fingerprint density at radius 2 is 2.15 bits per heavy atom. The van der Waals surface area contributed by atoms with Gasteiger partial charge in [-0.3, -0.25) is 9.40 Å². The third-order valence-electron chi connectivity index (χ3n) is 2.79. The molecule has 0 aliphatic heterocycles. The summed E-state index contributed by atoms with van der Waals surface area (Å²) in [4.78, 5) is 3.92. The van der Waals surface area contributed by atoms with E-state index >= 15 is 0 Å². The molecule has 0 aromatic carbocycles. The van der Waals surface area contributed by atoms with Gasteiger partial charge in [0.05, 0.1) is 11.4 Å². The molecule has 0 fully saturated rings. The van der Waals surface area contributed by atoms with Crippen LogP contribution < -0.4 is 10.5 Å². The fourth-order valence-corrected chi connectivity index (χ4v) is 2.77. The third-order valence-corrected chi connectivity index (χ3v) is 4.07. The summed E-state index contributed by atoms with van der Waals surface area (Å²) in [7, 11) is -1.97. The van der Waals surface area contributed by atoms with E-state index in [9.17, 15) is 8.42 Å². The highest BCUT2D eigenvalue weighted by Crippen LogP contribution is 2.18. The molecule has 0 spiro atoms. The van der Waals surface area contributed by atoms with Crippen molar-refractivity contribution in [3.8, 4) is 0 Å². The van der Waals surface area contributed by atoms with Crippen LogP contribution in [0.2, 0.25) is 0 Å². The van der Waals surface area contributed by atoms with Crippen molar-refractivity contribution in [2.45, 2.75) is 24.9 Å². The van der Waals surface area contributed by atoms with Gasteiger partial charge in [-0.15, -0.1) is 0 Å². The molecule has 0 amide bonds. The molecule has 8 heteroatoms. The van der Waals surface area contributed by atoms with Gasteiger partial charge < -0.3 is 5.73 Å². The molecule has 20 heavy (non-hydrogen) atoms. The lowest BCUT2D eigenvalue weighted by Gasteiger charge is -2.07. The summed E-state index contributed by atoms with van der Waals surface area (Å²) >= 11 is 0. The van der Waals surface area contributed by atoms with Crippen molar-refractivity contribution < 1.29 is 8.42 Å². The van der Waals surface area contributed by atoms with E-state index in [1.807, 2.05) is 6.92 Å². The van der Waals surface area contributed by atoms with Gasteiger partial charge in [0.2, 0.25) is 0 Å². The van der Waals surface area contributed by atoms with Gasteiger partial charge in [0.1, 0.15) is 0 Å². The minimum Gasteiger partial charge on any atom is -0.326 e. The van der Waals surface area contributed by atoms with E-state index in [1.54, 1.807) is 24.0 Å². The van der Waals surface area contributed by atoms with E-state index in [-0.39, 0.29) is 5.03 Å². The lowest BCUT2D eigenvalue weighted by molar-refractivity contribution is 0.597. The van der Waals surface area contributed by atoms with Crippen LogP contribution in [0.25, 0.3) is 0 Å². The molecule has 0 unspecified atom stereocenters. The Kier molecular flexibility index (Phi) is 4.05. The largest absolute Gasteiger partial charge is 0.326 e. The molecule has 0 aliphatic rings. The second kappa shape index (κ2) is 5.59. The van der Waals surface area contributed by atoms with E-state index in [0.717, 1.165) is 5.56 Å². The number of rotatable bonds is 5. The van der Waals surface area contributed by atoms with Crippen molar-refractivity contribution in [1.82, 2.24) is 14.8 Å². The molecule has 2 aromatic rings. The van der Waals surface area contributed by atoms with Crippen LogP contribution in [0.3, 0.4) is 0 Å². The first-order valence-electron chi connectivity index (χ1n) is 6.16. The Morgan fingerprint density at radius 3 is 2.70 bits per heavy atom. The zero-order chi connectivity index (χ0) is 14.8. The quantitative estimate of drug-likeness (QED) is 0.842. The van der Waals surface area contributed by atoms with E-state index in [1.165, 1.54) is 12.3 Å². The molecule has 7 nitrogen and oxygen atoms in total. The Bertz CT molecular complexity index is 691. The number of nitrogens with zero attached hydrogens (tertiary/aromatic N) is 3. The highest BCUT2D eigenvalue weighted by atomic mass is 32.2. The van der Waals surface area contributed by atoms with Crippen molar-refractivity contribution in [3.63, 3.8) is 0 Å². The first-order valence-corrected chi connectivity index (χ1v) is 7.65. The molecule has 2 rings (SSSR count). The number of hydrogen-bond donors (Lipinski definition) is 2. The second-order valence-electron chi connectivity index (χ2n) is 4.33. The smallest absolute Gasteiger partial charge is 0.279 e. The van der Waals surface area contributed by atoms with Crippen LogP contribution in [0.1, 0.15) is 18.2 Å². The van der Waals surface area contributed by atoms with Crippen molar-refractivity contribution >= 4 is 15.7 Å². The Balaban J connectivity index is 2.30. The summed E-state index contributed by atoms with van der Waals surface area (Å²) in [5.41, 5.74) is 7.40. The van der Waals surface area contributed by atoms with Crippen LogP contribution in [0, 0.1) is 0 Å². The summed E-state index contributed by atoms with van der Waals surface area (Å²) in [6, 6.07) is 3.08. The Morgan fingerprint density at radius 1 is 1.40 bits per heavy atom. The number of sulfonamides is 1. The van der Waals surface area contributed by atoms with E-state index in [2.05, 4.69) is 14.8 Å². The van der Waals surface area contributed by atoms with Crippen LogP contribution in [-0.2, 0) is 30.0 Å². The highest BCUT2D eigenvalue weighted by Gasteiger charge is 2.18. The summed E-state index contributed by atoms with van der Waals surface area (Å²) in [5.74, 6) is 0. The summed E-state index contributed by atoms with van der Waals surface area (Å²) in [6.07, 6.45) is 3.72. The zero-order valence-corrected chi connectivity index (χ0v) is 12.2. The molecule has 0 radical (unpaired) electrons. The molecule has 2 heterocycles. The minimum absolute atomic E-state index is 0.0411. The Labute approximate surface area is 117 Å². The van der Waals surface area contributed by atoms with Crippen LogP contribution >= 0.6 is 0 Å². The first-order chi connectivity index (χ1) is 9.46. The van der Waals surface area contributed by atoms with Crippen LogP contribution in [0.15, 0.2) is 29.6 Å². The lowest BCUT2D eigenvalue weighted by atomic mass is 10.3. The molecule has 0 atom stereocenters. The molecule has 0 aliphatic carbocycles. The number of aromatic nitrogens is 3. The van der Waals surface area contributed by atoms with Crippen molar-refractivity contribution in [3.05, 3.63) is 35.8 Å². The fourth-order valence-electron chi connectivity index (χ4n) is 1.77. The lowest BCUT2D eigenvalue weighted by Crippen LogP contribution is -2.15. The molecule has 0 saturated heterocycles. The molecule has 0 bridgehead atoms. The summed E-state index contributed by atoms with van der Waals surface area (Å²) in [6.45, 7) is 2.23. The van der Waals surface area contributed by atoms with Gasteiger partial charge in [-0.2, -0.15) is 13.5 Å². The highest BCUT2D eigenvalue weighted by molar-refractivity contribution is 7.92. The molecular formula is C12H17N5O2S. The number of anilines is 1.